The fourth-order valence-corrected chi connectivity index (χ4v) is 9.51. The summed E-state index contributed by atoms with van der Waals surface area (Å²) in [6, 6.07) is 72.1. The molecular weight excluding hydrogens is 687 g/mol. The van der Waals surface area contributed by atoms with Crippen molar-refractivity contribution in [3.05, 3.63) is 200 Å². The largest absolute Gasteiger partial charge is 0.456 e. The Labute approximate surface area is 323 Å². The molecule has 0 atom stereocenters. The first-order valence-electron chi connectivity index (χ1n) is 18.7. The molecule has 2 nitrogen and oxygen atoms in total. The van der Waals surface area contributed by atoms with Crippen LogP contribution in [0.2, 0.25) is 0 Å². The molecule has 1 aliphatic heterocycles. The lowest BCUT2D eigenvalue weighted by Crippen LogP contribution is -2.10. The molecular formula is C52H33NOS. The van der Waals surface area contributed by atoms with Gasteiger partial charge in [0.1, 0.15) is 11.5 Å². The van der Waals surface area contributed by atoms with Crippen molar-refractivity contribution >= 4 is 59.3 Å². The Hall–Kier alpha value is -6.94. The van der Waals surface area contributed by atoms with E-state index in [0.29, 0.717) is 0 Å². The van der Waals surface area contributed by atoms with Gasteiger partial charge in [0.15, 0.2) is 0 Å². The molecule has 0 saturated carbocycles. The van der Waals surface area contributed by atoms with Gasteiger partial charge in [0.25, 0.3) is 0 Å². The van der Waals surface area contributed by atoms with Crippen molar-refractivity contribution in [2.45, 2.75) is 0 Å². The molecule has 1 aromatic heterocycles. The van der Waals surface area contributed by atoms with Crippen LogP contribution >= 0.6 is 11.3 Å². The van der Waals surface area contributed by atoms with Gasteiger partial charge in [-0.25, -0.2) is 0 Å². The number of fused-ring (bicyclic) bond motifs is 10. The van der Waals surface area contributed by atoms with Gasteiger partial charge >= 0.3 is 0 Å². The van der Waals surface area contributed by atoms with Crippen molar-refractivity contribution in [1.82, 2.24) is 0 Å². The summed E-state index contributed by atoms with van der Waals surface area (Å²) in [4.78, 5) is 2.37. The van der Waals surface area contributed by atoms with Gasteiger partial charge in [0.2, 0.25) is 0 Å². The smallest absolute Gasteiger partial charge is 0.135 e. The molecule has 0 spiro atoms. The highest BCUT2D eigenvalue weighted by Gasteiger charge is 2.23. The van der Waals surface area contributed by atoms with Crippen LogP contribution in [0.4, 0.5) is 17.1 Å². The average molecular weight is 720 g/mol. The monoisotopic (exact) mass is 719 g/mol. The second-order valence-corrected chi connectivity index (χ2v) is 15.1. The fourth-order valence-electron chi connectivity index (χ4n) is 8.28. The summed E-state index contributed by atoms with van der Waals surface area (Å²) in [6.45, 7) is 0. The van der Waals surface area contributed by atoms with Crippen molar-refractivity contribution in [3.63, 3.8) is 0 Å². The van der Waals surface area contributed by atoms with Crippen LogP contribution in [0.1, 0.15) is 0 Å². The number of rotatable bonds is 5. The molecule has 11 rings (SSSR count). The molecule has 0 aliphatic carbocycles. The zero-order chi connectivity index (χ0) is 36.3. The Morgan fingerprint density at radius 3 is 1.76 bits per heavy atom. The van der Waals surface area contributed by atoms with Crippen LogP contribution in [-0.2, 0) is 0 Å². The number of hydrogen-bond acceptors (Lipinski definition) is 3. The maximum atomic E-state index is 6.53. The molecule has 0 N–H and O–H groups in total. The topological polar surface area (TPSA) is 12.5 Å². The van der Waals surface area contributed by atoms with Crippen LogP contribution < -0.4 is 9.64 Å². The zero-order valence-electron chi connectivity index (χ0n) is 29.8. The molecule has 55 heavy (non-hydrogen) atoms. The van der Waals surface area contributed by atoms with Gasteiger partial charge in [-0.3, -0.25) is 0 Å². The number of hydrogen-bond donors (Lipinski definition) is 0. The molecule has 0 amide bonds. The summed E-state index contributed by atoms with van der Waals surface area (Å²) in [5.74, 6) is 1.75. The van der Waals surface area contributed by atoms with E-state index in [1.807, 2.05) is 23.5 Å². The Balaban J connectivity index is 1.06. The minimum Gasteiger partial charge on any atom is -0.456 e. The second-order valence-electron chi connectivity index (χ2n) is 14.1. The Morgan fingerprint density at radius 1 is 0.364 bits per heavy atom. The van der Waals surface area contributed by atoms with Gasteiger partial charge in [-0.15, -0.1) is 11.3 Å². The van der Waals surface area contributed by atoms with Crippen LogP contribution in [0, 0.1) is 0 Å². The predicted octanol–water partition coefficient (Wildman–Crippen LogP) is 15.5. The molecule has 258 valence electrons. The van der Waals surface area contributed by atoms with Crippen molar-refractivity contribution in [2.24, 2.45) is 0 Å². The molecule has 0 radical (unpaired) electrons. The van der Waals surface area contributed by atoms with Crippen molar-refractivity contribution in [3.8, 4) is 56.0 Å². The van der Waals surface area contributed by atoms with Crippen molar-refractivity contribution < 1.29 is 4.74 Å². The van der Waals surface area contributed by atoms with E-state index in [4.69, 9.17) is 4.74 Å². The van der Waals surface area contributed by atoms with Crippen LogP contribution in [0.15, 0.2) is 200 Å². The SMILES string of the molecule is c1ccc(-c2ccc(N(c3ccc(-c4cccc5c4sc4ccccc45)cc3)c3ccc4c5c(ccc4c3)-c3ccccc3Oc3ccccc3-5)cc2)cc1. The third kappa shape index (κ3) is 5.32. The molecule has 0 fully saturated rings. The van der Waals surface area contributed by atoms with Crippen LogP contribution in [0.3, 0.4) is 0 Å². The van der Waals surface area contributed by atoms with E-state index < -0.39 is 0 Å². The van der Waals surface area contributed by atoms with Gasteiger partial charge in [-0.2, -0.15) is 0 Å². The first-order chi connectivity index (χ1) is 27.3. The maximum Gasteiger partial charge on any atom is 0.135 e. The highest BCUT2D eigenvalue weighted by molar-refractivity contribution is 7.26. The number of thiophene rings is 1. The first-order valence-corrected chi connectivity index (χ1v) is 19.5. The summed E-state index contributed by atoms with van der Waals surface area (Å²) in [6.07, 6.45) is 0. The number of benzene rings is 9. The van der Waals surface area contributed by atoms with Crippen LogP contribution in [-0.4, -0.2) is 0 Å². The van der Waals surface area contributed by atoms with Crippen LogP contribution in [0.25, 0.3) is 75.5 Å². The summed E-state index contributed by atoms with van der Waals surface area (Å²) in [5, 5.41) is 5.00. The normalized spacial score (nSPS) is 11.8. The van der Waals surface area contributed by atoms with E-state index in [2.05, 4.69) is 193 Å². The molecule has 0 unspecified atom stereocenters. The standard InChI is InChI=1S/C52H33NOS/c1-2-11-34(12-3-1)35-21-26-38(27-22-35)53(39-28-23-36(24-29-39)42-16-10-17-46-44-14-6-9-20-50(44)55-52(42)46)40-30-32-41-37(33-40)25-31-45-43-13-4-7-18-48(43)54-49-19-8-5-15-47(49)51(41)45/h1-33H. The third-order valence-corrected chi connectivity index (χ3v) is 12.1. The van der Waals surface area contributed by atoms with Gasteiger partial charge in [0.05, 0.1) is 0 Å². The van der Waals surface area contributed by atoms with Crippen LogP contribution in [0.5, 0.6) is 11.5 Å². The highest BCUT2D eigenvalue weighted by atomic mass is 32.1. The van der Waals surface area contributed by atoms with E-state index in [9.17, 15) is 0 Å². The summed E-state index contributed by atoms with van der Waals surface area (Å²) in [7, 11) is 0. The highest BCUT2D eigenvalue weighted by Crippen LogP contribution is 2.50. The van der Waals surface area contributed by atoms with Crippen molar-refractivity contribution in [1.29, 1.82) is 0 Å². The second kappa shape index (κ2) is 12.9. The maximum absolute atomic E-state index is 6.53. The molecule has 1 aliphatic rings. The number of ether oxygens (including phenoxy) is 1. The van der Waals surface area contributed by atoms with E-state index in [1.165, 1.54) is 64.3 Å². The Morgan fingerprint density at radius 2 is 0.964 bits per heavy atom. The van der Waals surface area contributed by atoms with E-state index in [-0.39, 0.29) is 0 Å². The van der Waals surface area contributed by atoms with E-state index in [1.54, 1.807) is 0 Å². The Kier molecular flexibility index (Phi) is 7.39. The summed E-state index contributed by atoms with van der Waals surface area (Å²) in [5.41, 5.74) is 12.7. The van der Waals surface area contributed by atoms with Gasteiger partial charge in [-0.1, -0.05) is 146 Å². The minimum atomic E-state index is 0.872. The van der Waals surface area contributed by atoms with Gasteiger partial charge in [-0.05, 0) is 93.2 Å². The summed E-state index contributed by atoms with van der Waals surface area (Å²) < 4.78 is 9.17. The quantitative estimate of drug-likeness (QED) is 0.176. The zero-order valence-corrected chi connectivity index (χ0v) is 30.6. The predicted molar refractivity (Wildman–Crippen MR) is 233 cm³/mol. The molecule has 3 heteroatoms. The first kappa shape index (κ1) is 31.6. The lowest BCUT2D eigenvalue weighted by molar-refractivity contribution is 0.488. The molecule has 2 heterocycles. The summed E-state index contributed by atoms with van der Waals surface area (Å²) >= 11 is 1.87. The Bertz CT molecular complexity index is 3050. The average Bonchev–Trinajstić information content (AvgIpc) is 3.57. The van der Waals surface area contributed by atoms with E-state index in [0.717, 1.165) is 39.7 Å². The molecule has 10 aromatic rings. The fraction of sp³-hybridized carbons (Fsp3) is 0. The van der Waals surface area contributed by atoms with Crippen molar-refractivity contribution in [2.75, 3.05) is 4.90 Å². The van der Waals surface area contributed by atoms with Gasteiger partial charge < -0.3 is 9.64 Å². The molecule has 0 bridgehead atoms. The molecule has 0 saturated heterocycles. The third-order valence-electron chi connectivity index (χ3n) is 10.9. The lowest BCUT2D eigenvalue weighted by Gasteiger charge is -2.26. The number of para-hydroxylation sites is 2. The lowest BCUT2D eigenvalue weighted by atomic mass is 9.89. The number of anilines is 3. The van der Waals surface area contributed by atoms with E-state index >= 15 is 0 Å². The minimum absolute atomic E-state index is 0.872. The molecule has 9 aromatic carbocycles. The number of nitrogens with zero attached hydrogens (tertiary/aromatic N) is 1. The van der Waals surface area contributed by atoms with Gasteiger partial charge in [0, 0.05) is 53.9 Å².